The average Bonchev–Trinajstić information content (AvgIpc) is 2.61. The van der Waals surface area contributed by atoms with Crippen molar-refractivity contribution in [1.82, 2.24) is 0 Å². The van der Waals surface area contributed by atoms with Crippen molar-refractivity contribution in [3.8, 4) is 11.8 Å². The van der Waals surface area contributed by atoms with Crippen molar-refractivity contribution >= 4 is 0 Å². The smallest absolute Gasteiger partial charge is 0.117 e. The number of rotatable bonds is 1. The molecule has 1 aliphatic rings. The van der Waals surface area contributed by atoms with E-state index in [1.54, 1.807) is 0 Å². The molecular formula is C10H16O. The molecule has 0 aromatic carbocycles. The van der Waals surface area contributed by atoms with Gasteiger partial charge in [-0.3, -0.25) is 0 Å². The van der Waals surface area contributed by atoms with Crippen LogP contribution in [-0.2, 0) is 0 Å². The van der Waals surface area contributed by atoms with Gasteiger partial charge in [-0.25, -0.2) is 0 Å². The summed E-state index contributed by atoms with van der Waals surface area (Å²) in [6.45, 7) is 6.17. The van der Waals surface area contributed by atoms with Crippen LogP contribution in [0.5, 0.6) is 0 Å². The number of aliphatic hydroxyl groups excluding tert-OH is 1. The summed E-state index contributed by atoms with van der Waals surface area (Å²) < 4.78 is 0. The van der Waals surface area contributed by atoms with E-state index in [4.69, 9.17) is 0 Å². The van der Waals surface area contributed by atoms with Crippen LogP contribution >= 0.6 is 0 Å². The van der Waals surface area contributed by atoms with E-state index in [1.165, 1.54) is 0 Å². The van der Waals surface area contributed by atoms with Gasteiger partial charge >= 0.3 is 0 Å². The molecule has 1 unspecified atom stereocenters. The van der Waals surface area contributed by atoms with Gasteiger partial charge in [-0.15, -0.1) is 0 Å². The standard InChI is InChI=1S/C10H16O/c1-10(2,3)7-6-9(11)8-4-5-8/h8-9,11H,4-5H2,1-3H3. The number of aliphatic hydroxyl groups is 1. The van der Waals surface area contributed by atoms with Gasteiger partial charge in [-0.2, -0.15) is 0 Å². The largest absolute Gasteiger partial charge is 0.380 e. The van der Waals surface area contributed by atoms with Crippen LogP contribution in [0.2, 0.25) is 0 Å². The van der Waals surface area contributed by atoms with Gasteiger partial charge in [0.15, 0.2) is 0 Å². The third kappa shape index (κ3) is 3.43. The lowest BCUT2D eigenvalue weighted by Gasteiger charge is -2.08. The summed E-state index contributed by atoms with van der Waals surface area (Å²) in [7, 11) is 0. The molecule has 62 valence electrons. The lowest BCUT2D eigenvalue weighted by Crippen LogP contribution is -2.08. The second kappa shape index (κ2) is 2.87. The van der Waals surface area contributed by atoms with E-state index in [1.807, 2.05) is 0 Å². The summed E-state index contributed by atoms with van der Waals surface area (Å²) in [6.07, 6.45) is 1.94. The molecule has 0 radical (unpaired) electrons. The number of hydrogen-bond acceptors (Lipinski definition) is 1. The fourth-order valence-corrected chi connectivity index (χ4v) is 0.820. The molecule has 0 amide bonds. The highest BCUT2D eigenvalue weighted by Crippen LogP contribution is 2.32. The molecule has 0 heterocycles. The van der Waals surface area contributed by atoms with Gasteiger partial charge in [0.05, 0.1) is 0 Å². The van der Waals surface area contributed by atoms with Gasteiger partial charge in [0.1, 0.15) is 6.10 Å². The summed E-state index contributed by atoms with van der Waals surface area (Å²) in [5.41, 5.74) is 0.0237. The van der Waals surface area contributed by atoms with Crippen molar-refractivity contribution in [2.75, 3.05) is 0 Å². The van der Waals surface area contributed by atoms with Crippen LogP contribution in [0.25, 0.3) is 0 Å². The molecule has 1 heteroatoms. The lowest BCUT2D eigenvalue weighted by atomic mass is 9.97. The molecule has 1 N–H and O–H groups in total. The van der Waals surface area contributed by atoms with Crippen LogP contribution < -0.4 is 0 Å². The Labute approximate surface area is 68.8 Å². The predicted molar refractivity (Wildman–Crippen MR) is 46.0 cm³/mol. The normalized spacial score (nSPS) is 20.4. The monoisotopic (exact) mass is 152 g/mol. The molecule has 1 saturated carbocycles. The predicted octanol–water partition coefficient (Wildman–Crippen LogP) is 1.81. The van der Waals surface area contributed by atoms with Gasteiger partial charge in [-0.1, -0.05) is 11.8 Å². The lowest BCUT2D eigenvalue weighted by molar-refractivity contribution is 0.208. The van der Waals surface area contributed by atoms with E-state index in [2.05, 4.69) is 32.6 Å². The molecule has 1 atom stereocenters. The topological polar surface area (TPSA) is 20.2 Å². The fourth-order valence-electron chi connectivity index (χ4n) is 0.820. The Morgan fingerprint density at radius 2 is 1.91 bits per heavy atom. The van der Waals surface area contributed by atoms with E-state index in [9.17, 15) is 5.11 Å². The summed E-state index contributed by atoms with van der Waals surface area (Å²) in [5, 5.41) is 9.38. The highest BCUT2D eigenvalue weighted by Gasteiger charge is 2.28. The molecule has 0 aromatic heterocycles. The second-order valence-corrected chi connectivity index (χ2v) is 4.30. The highest BCUT2D eigenvalue weighted by atomic mass is 16.3. The first kappa shape index (κ1) is 8.62. The van der Waals surface area contributed by atoms with Crippen LogP contribution in [0.4, 0.5) is 0 Å². The fraction of sp³-hybridized carbons (Fsp3) is 0.800. The molecule has 0 bridgehead atoms. The third-order valence-electron chi connectivity index (χ3n) is 1.66. The van der Waals surface area contributed by atoms with E-state index in [0.717, 1.165) is 12.8 Å². The van der Waals surface area contributed by atoms with E-state index < -0.39 is 0 Å². The Morgan fingerprint density at radius 1 is 1.36 bits per heavy atom. The SMILES string of the molecule is CC(C)(C)C#CC(O)C1CC1. The molecule has 1 rings (SSSR count). The molecule has 1 nitrogen and oxygen atoms in total. The Kier molecular flexibility index (Phi) is 2.25. The molecule has 0 aromatic rings. The number of hydrogen-bond donors (Lipinski definition) is 1. The minimum absolute atomic E-state index is 0.0237. The summed E-state index contributed by atoms with van der Waals surface area (Å²) >= 11 is 0. The van der Waals surface area contributed by atoms with Crippen molar-refractivity contribution in [1.29, 1.82) is 0 Å². The van der Waals surface area contributed by atoms with E-state index in [-0.39, 0.29) is 11.5 Å². The Bertz CT molecular complexity index is 185. The first-order valence-electron chi connectivity index (χ1n) is 4.20. The summed E-state index contributed by atoms with van der Waals surface area (Å²) in [5.74, 6) is 6.41. The zero-order valence-electron chi connectivity index (χ0n) is 7.52. The Balaban J connectivity index is 2.41. The van der Waals surface area contributed by atoms with Gasteiger partial charge in [0.25, 0.3) is 0 Å². The maximum absolute atomic E-state index is 9.38. The Hall–Kier alpha value is -0.480. The van der Waals surface area contributed by atoms with Crippen molar-refractivity contribution in [3.63, 3.8) is 0 Å². The molecule has 1 aliphatic carbocycles. The quantitative estimate of drug-likeness (QED) is 0.568. The van der Waals surface area contributed by atoms with Crippen molar-refractivity contribution in [2.45, 2.75) is 39.7 Å². The van der Waals surface area contributed by atoms with Crippen LogP contribution in [0.1, 0.15) is 33.6 Å². The van der Waals surface area contributed by atoms with Crippen molar-refractivity contribution < 1.29 is 5.11 Å². The summed E-state index contributed by atoms with van der Waals surface area (Å²) in [6, 6.07) is 0. The molecule has 0 saturated heterocycles. The Morgan fingerprint density at radius 3 is 2.27 bits per heavy atom. The molecular weight excluding hydrogens is 136 g/mol. The van der Waals surface area contributed by atoms with E-state index >= 15 is 0 Å². The minimum Gasteiger partial charge on any atom is -0.380 e. The summed E-state index contributed by atoms with van der Waals surface area (Å²) in [4.78, 5) is 0. The van der Waals surface area contributed by atoms with Crippen molar-refractivity contribution in [3.05, 3.63) is 0 Å². The van der Waals surface area contributed by atoms with E-state index in [0.29, 0.717) is 5.92 Å². The average molecular weight is 152 g/mol. The molecule has 0 spiro atoms. The zero-order valence-corrected chi connectivity index (χ0v) is 7.52. The maximum Gasteiger partial charge on any atom is 0.117 e. The van der Waals surface area contributed by atoms with Gasteiger partial charge in [0.2, 0.25) is 0 Å². The van der Waals surface area contributed by atoms with Crippen LogP contribution in [-0.4, -0.2) is 11.2 Å². The molecule has 1 fully saturated rings. The minimum atomic E-state index is -0.366. The van der Waals surface area contributed by atoms with Gasteiger partial charge in [-0.05, 0) is 39.5 Å². The zero-order chi connectivity index (χ0) is 8.48. The molecule has 11 heavy (non-hydrogen) atoms. The highest BCUT2D eigenvalue weighted by molar-refractivity contribution is 5.13. The first-order valence-corrected chi connectivity index (χ1v) is 4.20. The second-order valence-electron chi connectivity index (χ2n) is 4.30. The van der Waals surface area contributed by atoms with Crippen molar-refractivity contribution in [2.24, 2.45) is 11.3 Å². The third-order valence-corrected chi connectivity index (χ3v) is 1.66. The van der Waals surface area contributed by atoms with Crippen LogP contribution in [0.3, 0.4) is 0 Å². The van der Waals surface area contributed by atoms with Crippen LogP contribution in [0.15, 0.2) is 0 Å². The first-order chi connectivity index (χ1) is 4.99. The van der Waals surface area contributed by atoms with Crippen LogP contribution in [0, 0.1) is 23.2 Å². The van der Waals surface area contributed by atoms with Gasteiger partial charge < -0.3 is 5.11 Å². The maximum atomic E-state index is 9.38. The van der Waals surface area contributed by atoms with Gasteiger partial charge in [0, 0.05) is 5.41 Å². The molecule has 0 aliphatic heterocycles.